The van der Waals surface area contributed by atoms with Crippen LogP contribution in [0, 0.1) is 0 Å². The van der Waals surface area contributed by atoms with Gasteiger partial charge in [0.25, 0.3) is 17.4 Å². The molecule has 0 aliphatic rings. The maximum absolute atomic E-state index is 13.1. The van der Waals surface area contributed by atoms with E-state index < -0.39 is 23.4 Å². The molecule has 4 rings (SSSR count). The average Bonchev–Trinajstić information content (AvgIpc) is 2.84. The lowest BCUT2D eigenvalue weighted by molar-refractivity contribution is -0.123. The average molecular weight is 441 g/mol. The maximum Gasteiger partial charge on any atom is 0.272 e. The van der Waals surface area contributed by atoms with Gasteiger partial charge < -0.3 is 10.4 Å². The number of rotatable bonds is 6. The molecule has 3 aromatic carbocycles. The van der Waals surface area contributed by atoms with Crippen molar-refractivity contribution >= 4 is 28.8 Å². The third-order valence-corrected chi connectivity index (χ3v) is 4.83. The predicted molar refractivity (Wildman–Crippen MR) is 123 cm³/mol. The number of phenolic OH excluding ortho intramolecular Hbond substituents is 1. The predicted octanol–water partition coefficient (Wildman–Crippen LogP) is 2.25. The summed E-state index contributed by atoms with van der Waals surface area (Å²) in [6.07, 6.45) is 1.35. The fourth-order valence-corrected chi connectivity index (χ4v) is 3.26. The van der Waals surface area contributed by atoms with Crippen LogP contribution in [0.2, 0.25) is 0 Å². The molecule has 1 heterocycles. The number of hydrogen-bond donors (Lipinski definition) is 4. The first kappa shape index (κ1) is 21.4. The molecule has 4 aromatic rings. The van der Waals surface area contributed by atoms with Crippen molar-refractivity contribution < 1.29 is 14.7 Å². The van der Waals surface area contributed by atoms with Crippen molar-refractivity contribution in [3.63, 3.8) is 0 Å². The van der Waals surface area contributed by atoms with Crippen LogP contribution in [0.3, 0.4) is 0 Å². The van der Waals surface area contributed by atoms with Crippen LogP contribution in [0.1, 0.15) is 27.7 Å². The topological polar surface area (TPSA) is 137 Å². The van der Waals surface area contributed by atoms with Crippen molar-refractivity contribution in [2.24, 2.45) is 5.10 Å². The zero-order valence-electron chi connectivity index (χ0n) is 17.2. The highest BCUT2D eigenvalue weighted by molar-refractivity contribution is 5.99. The number of fused-ring (bicyclic) bond motifs is 1. The smallest absolute Gasteiger partial charge is 0.272 e. The van der Waals surface area contributed by atoms with Gasteiger partial charge in [-0.15, -0.1) is 0 Å². The van der Waals surface area contributed by atoms with E-state index in [-0.39, 0.29) is 11.4 Å². The molecule has 1 aromatic heterocycles. The quantitative estimate of drug-likeness (QED) is 0.269. The van der Waals surface area contributed by atoms with Gasteiger partial charge in [-0.25, -0.2) is 10.5 Å². The molecule has 9 nitrogen and oxygen atoms in total. The van der Waals surface area contributed by atoms with Crippen LogP contribution < -0.4 is 16.3 Å². The third-order valence-electron chi connectivity index (χ3n) is 4.83. The van der Waals surface area contributed by atoms with E-state index in [1.54, 1.807) is 66.7 Å². The fraction of sp³-hybridized carbons (Fsp3) is 0.0417. The molecule has 164 valence electrons. The number of aromatic amines is 1. The highest BCUT2D eigenvalue weighted by Crippen LogP contribution is 2.20. The number of phenols is 1. The van der Waals surface area contributed by atoms with Gasteiger partial charge >= 0.3 is 0 Å². The van der Waals surface area contributed by atoms with E-state index in [1.807, 2.05) is 0 Å². The number of nitrogens with zero attached hydrogens (tertiary/aromatic N) is 2. The third kappa shape index (κ3) is 4.93. The van der Waals surface area contributed by atoms with Crippen molar-refractivity contribution in [3.8, 4) is 5.75 Å². The molecule has 0 aliphatic carbocycles. The minimum atomic E-state index is -1.25. The Labute approximate surface area is 187 Å². The molecular weight excluding hydrogens is 422 g/mol. The zero-order valence-corrected chi connectivity index (χ0v) is 17.2. The van der Waals surface area contributed by atoms with Gasteiger partial charge in [-0.2, -0.15) is 10.2 Å². The lowest BCUT2D eigenvalue weighted by Crippen LogP contribution is -2.40. The summed E-state index contributed by atoms with van der Waals surface area (Å²) in [5.41, 5.74) is 3.06. The minimum absolute atomic E-state index is 0.0576. The van der Waals surface area contributed by atoms with Gasteiger partial charge in [-0.1, -0.05) is 48.5 Å². The van der Waals surface area contributed by atoms with Crippen LogP contribution in [-0.2, 0) is 4.79 Å². The van der Waals surface area contributed by atoms with E-state index in [9.17, 15) is 19.5 Å². The van der Waals surface area contributed by atoms with Crippen LogP contribution in [-0.4, -0.2) is 33.3 Å². The number of amides is 2. The molecule has 0 unspecified atom stereocenters. The summed E-state index contributed by atoms with van der Waals surface area (Å²) in [4.78, 5) is 38.1. The molecule has 0 saturated carbocycles. The van der Waals surface area contributed by atoms with Crippen molar-refractivity contribution in [3.05, 3.63) is 106 Å². The summed E-state index contributed by atoms with van der Waals surface area (Å²) in [5, 5.41) is 23.3. The van der Waals surface area contributed by atoms with Gasteiger partial charge in [0.15, 0.2) is 6.04 Å². The largest absolute Gasteiger partial charge is 0.508 e. The molecule has 0 bridgehead atoms. The molecular formula is C24H19N5O4. The van der Waals surface area contributed by atoms with Gasteiger partial charge in [0.1, 0.15) is 11.4 Å². The highest BCUT2D eigenvalue weighted by atomic mass is 16.3. The monoisotopic (exact) mass is 441 g/mol. The van der Waals surface area contributed by atoms with Crippen LogP contribution in [0.15, 0.2) is 88.8 Å². The van der Waals surface area contributed by atoms with Crippen molar-refractivity contribution in [1.82, 2.24) is 20.9 Å². The van der Waals surface area contributed by atoms with Crippen LogP contribution >= 0.6 is 0 Å². The van der Waals surface area contributed by atoms with Crippen LogP contribution in [0.25, 0.3) is 10.8 Å². The molecule has 0 spiro atoms. The summed E-state index contributed by atoms with van der Waals surface area (Å²) >= 11 is 0. The Kier molecular flexibility index (Phi) is 6.21. The Morgan fingerprint density at radius 1 is 0.970 bits per heavy atom. The second-order valence-electron chi connectivity index (χ2n) is 7.09. The Morgan fingerprint density at radius 2 is 1.70 bits per heavy atom. The van der Waals surface area contributed by atoms with E-state index in [2.05, 4.69) is 26.0 Å². The highest BCUT2D eigenvalue weighted by Gasteiger charge is 2.27. The Morgan fingerprint density at radius 3 is 2.45 bits per heavy atom. The van der Waals surface area contributed by atoms with Crippen molar-refractivity contribution in [2.75, 3.05) is 0 Å². The molecule has 4 N–H and O–H groups in total. The van der Waals surface area contributed by atoms with E-state index in [4.69, 9.17) is 0 Å². The summed E-state index contributed by atoms with van der Waals surface area (Å²) in [6.45, 7) is 0. The number of aromatic nitrogens is 2. The zero-order chi connectivity index (χ0) is 23.2. The number of benzene rings is 3. The first-order valence-electron chi connectivity index (χ1n) is 9.98. The first-order chi connectivity index (χ1) is 16.0. The number of hydrazone groups is 1. The normalized spacial score (nSPS) is 11.9. The van der Waals surface area contributed by atoms with Crippen LogP contribution in [0.4, 0.5) is 0 Å². The standard InChI is InChI=1S/C24H19N5O4/c30-17-10-6-7-15(13-17)14-25-28-24(33)21(26-22(31)16-8-2-1-3-9-16)20-18-11-4-5-12-19(18)23(32)29-27-20/h1-14,21,30H,(H,26,31)(H,28,33)(H,29,32)/t21-/m1/s1. The number of carbonyl (C=O) groups excluding carboxylic acids is 2. The van der Waals surface area contributed by atoms with Gasteiger partial charge in [0.2, 0.25) is 0 Å². The number of carbonyl (C=O) groups is 2. The number of aromatic hydroxyl groups is 1. The molecule has 0 fully saturated rings. The maximum atomic E-state index is 13.1. The van der Waals surface area contributed by atoms with E-state index in [0.29, 0.717) is 21.9 Å². The second kappa shape index (κ2) is 9.56. The molecule has 0 saturated heterocycles. The Hall–Kier alpha value is -4.79. The second-order valence-corrected chi connectivity index (χ2v) is 7.09. The van der Waals surface area contributed by atoms with E-state index >= 15 is 0 Å². The molecule has 33 heavy (non-hydrogen) atoms. The lowest BCUT2D eigenvalue weighted by Gasteiger charge is -2.18. The molecule has 1 atom stereocenters. The molecule has 2 amide bonds. The summed E-state index contributed by atoms with van der Waals surface area (Å²) < 4.78 is 0. The minimum Gasteiger partial charge on any atom is -0.508 e. The SMILES string of the molecule is O=C(N[C@@H](C(=O)NN=Cc1cccc(O)c1)c1n[nH]c(=O)c2ccccc12)c1ccccc1. The van der Waals surface area contributed by atoms with E-state index in [0.717, 1.165) is 0 Å². The van der Waals surface area contributed by atoms with Crippen molar-refractivity contribution in [2.45, 2.75) is 6.04 Å². The summed E-state index contributed by atoms with van der Waals surface area (Å²) in [7, 11) is 0. The van der Waals surface area contributed by atoms with E-state index in [1.165, 1.54) is 18.3 Å². The van der Waals surface area contributed by atoms with Crippen LogP contribution in [0.5, 0.6) is 5.75 Å². The van der Waals surface area contributed by atoms with Crippen molar-refractivity contribution in [1.29, 1.82) is 0 Å². The van der Waals surface area contributed by atoms with Gasteiger partial charge in [0, 0.05) is 10.9 Å². The van der Waals surface area contributed by atoms with Gasteiger partial charge in [0.05, 0.1) is 11.6 Å². The first-order valence-corrected chi connectivity index (χ1v) is 9.98. The molecule has 0 aliphatic heterocycles. The Balaban J connectivity index is 1.67. The fourth-order valence-electron chi connectivity index (χ4n) is 3.26. The van der Waals surface area contributed by atoms with Gasteiger partial charge in [-0.05, 0) is 35.9 Å². The van der Waals surface area contributed by atoms with Gasteiger partial charge in [-0.3, -0.25) is 14.4 Å². The molecule has 0 radical (unpaired) electrons. The number of nitrogens with one attached hydrogen (secondary N) is 3. The summed E-state index contributed by atoms with van der Waals surface area (Å²) in [6, 6.07) is 20.1. The molecule has 9 heteroatoms. The number of H-pyrrole nitrogens is 1. The lowest BCUT2D eigenvalue weighted by atomic mass is 10.0. The summed E-state index contributed by atoms with van der Waals surface area (Å²) in [5.74, 6) is -1.10. The number of hydrogen-bond acceptors (Lipinski definition) is 6. The Bertz CT molecular complexity index is 1400.